The molecule has 0 atom stereocenters. The van der Waals surface area contributed by atoms with Gasteiger partial charge < -0.3 is 10.2 Å². The number of carbonyl (C=O) groups excluding carboxylic acids is 1. The fourth-order valence-corrected chi connectivity index (χ4v) is 2.58. The van der Waals surface area contributed by atoms with Gasteiger partial charge in [-0.3, -0.25) is 4.79 Å². The van der Waals surface area contributed by atoms with Crippen molar-refractivity contribution in [2.45, 2.75) is 33.1 Å². The highest BCUT2D eigenvalue weighted by Gasteiger charge is 2.15. The lowest BCUT2D eigenvalue weighted by Gasteiger charge is -2.20. The SMILES string of the molecule is Cc1cccc(CCC(=O)N2CCCNCC2)c1C. The van der Waals surface area contributed by atoms with Crippen LogP contribution in [-0.4, -0.2) is 37.0 Å². The molecule has 1 saturated heterocycles. The van der Waals surface area contributed by atoms with E-state index in [0.717, 1.165) is 39.0 Å². The number of nitrogens with one attached hydrogen (secondary N) is 1. The topological polar surface area (TPSA) is 32.3 Å². The number of rotatable bonds is 3. The van der Waals surface area contributed by atoms with Crippen LogP contribution in [0.15, 0.2) is 18.2 Å². The second-order valence-corrected chi connectivity index (χ2v) is 5.34. The Bertz CT molecular complexity index is 434. The smallest absolute Gasteiger partial charge is 0.222 e. The van der Waals surface area contributed by atoms with E-state index in [4.69, 9.17) is 0 Å². The molecule has 0 aromatic heterocycles. The molecule has 0 aliphatic carbocycles. The number of benzene rings is 1. The van der Waals surface area contributed by atoms with Gasteiger partial charge in [-0.15, -0.1) is 0 Å². The summed E-state index contributed by atoms with van der Waals surface area (Å²) in [6, 6.07) is 6.35. The van der Waals surface area contributed by atoms with Gasteiger partial charge in [0.15, 0.2) is 0 Å². The third kappa shape index (κ3) is 3.80. The van der Waals surface area contributed by atoms with Crippen LogP contribution in [0.25, 0.3) is 0 Å². The zero-order chi connectivity index (χ0) is 13.7. The van der Waals surface area contributed by atoms with Gasteiger partial charge in [-0.1, -0.05) is 18.2 Å². The lowest BCUT2D eigenvalue weighted by atomic mass is 9.99. The molecule has 3 nitrogen and oxygen atoms in total. The second kappa shape index (κ2) is 6.71. The predicted molar refractivity (Wildman–Crippen MR) is 78.3 cm³/mol. The van der Waals surface area contributed by atoms with Gasteiger partial charge in [0.25, 0.3) is 0 Å². The van der Waals surface area contributed by atoms with Crippen LogP contribution in [0, 0.1) is 13.8 Å². The zero-order valence-corrected chi connectivity index (χ0v) is 12.0. The summed E-state index contributed by atoms with van der Waals surface area (Å²) in [5, 5.41) is 3.33. The Morgan fingerprint density at radius 3 is 2.95 bits per heavy atom. The fraction of sp³-hybridized carbons (Fsp3) is 0.562. The monoisotopic (exact) mass is 260 g/mol. The number of nitrogens with zero attached hydrogens (tertiary/aromatic N) is 1. The third-order valence-corrected chi connectivity index (χ3v) is 4.02. The van der Waals surface area contributed by atoms with Gasteiger partial charge in [-0.05, 0) is 49.9 Å². The summed E-state index contributed by atoms with van der Waals surface area (Å²) < 4.78 is 0. The summed E-state index contributed by atoms with van der Waals surface area (Å²) in [4.78, 5) is 14.2. The van der Waals surface area contributed by atoms with E-state index in [1.165, 1.54) is 16.7 Å². The molecule has 1 heterocycles. The Morgan fingerprint density at radius 2 is 2.11 bits per heavy atom. The third-order valence-electron chi connectivity index (χ3n) is 4.02. The molecule has 1 aliphatic rings. The van der Waals surface area contributed by atoms with E-state index in [0.29, 0.717) is 12.3 Å². The maximum absolute atomic E-state index is 12.2. The summed E-state index contributed by atoms with van der Waals surface area (Å²) >= 11 is 0. The van der Waals surface area contributed by atoms with E-state index in [1.54, 1.807) is 0 Å². The maximum Gasteiger partial charge on any atom is 0.222 e. The molecular formula is C16H24N2O. The minimum atomic E-state index is 0.296. The highest BCUT2D eigenvalue weighted by atomic mass is 16.2. The Hall–Kier alpha value is -1.35. The van der Waals surface area contributed by atoms with Crippen molar-refractivity contribution in [1.82, 2.24) is 10.2 Å². The van der Waals surface area contributed by atoms with E-state index in [9.17, 15) is 4.79 Å². The molecule has 2 rings (SSSR count). The van der Waals surface area contributed by atoms with Crippen LogP contribution in [0.4, 0.5) is 0 Å². The Balaban J connectivity index is 1.90. The van der Waals surface area contributed by atoms with Crippen LogP contribution in [0.5, 0.6) is 0 Å². The molecule has 0 bridgehead atoms. The highest BCUT2D eigenvalue weighted by Crippen LogP contribution is 2.15. The summed E-state index contributed by atoms with van der Waals surface area (Å²) in [5.41, 5.74) is 3.94. The van der Waals surface area contributed by atoms with Crippen LogP contribution in [0.3, 0.4) is 0 Å². The minimum absolute atomic E-state index is 0.296. The molecule has 1 aromatic carbocycles. The lowest BCUT2D eigenvalue weighted by Crippen LogP contribution is -2.34. The number of hydrogen-bond acceptors (Lipinski definition) is 2. The first-order chi connectivity index (χ1) is 9.18. The molecule has 0 unspecified atom stereocenters. The average molecular weight is 260 g/mol. The summed E-state index contributed by atoms with van der Waals surface area (Å²) in [5.74, 6) is 0.296. The van der Waals surface area contributed by atoms with Crippen molar-refractivity contribution in [1.29, 1.82) is 0 Å². The van der Waals surface area contributed by atoms with Crippen LogP contribution in [0.2, 0.25) is 0 Å². The van der Waals surface area contributed by atoms with Crippen LogP contribution >= 0.6 is 0 Å². The number of aryl methyl sites for hydroxylation is 2. The van der Waals surface area contributed by atoms with E-state index in [2.05, 4.69) is 37.4 Å². The molecular weight excluding hydrogens is 236 g/mol. The number of amides is 1. The normalized spacial score (nSPS) is 16.2. The Kier molecular flexibility index (Phi) is 4.97. The van der Waals surface area contributed by atoms with Crippen LogP contribution < -0.4 is 5.32 Å². The molecule has 0 saturated carbocycles. The van der Waals surface area contributed by atoms with Crippen molar-refractivity contribution >= 4 is 5.91 Å². The van der Waals surface area contributed by atoms with Gasteiger partial charge in [0.1, 0.15) is 0 Å². The largest absolute Gasteiger partial charge is 0.341 e. The van der Waals surface area contributed by atoms with Gasteiger partial charge in [-0.2, -0.15) is 0 Å². The van der Waals surface area contributed by atoms with Crippen molar-refractivity contribution in [2.24, 2.45) is 0 Å². The molecule has 0 spiro atoms. The molecule has 1 amide bonds. The van der Waals surface area contributed by atoms with Crippen molar-refractivity contribution in [3.8, 4) is 0 Å². The molecule has 1 N–H and O–H groups in total. The van der Waals surface area contributed by atoms with E-state index < -0.39 is 0 Å². The first-order valence-corrected chi connectivity index (χ1v) is 7.22. The van der Waals surface area contributed by atoms with Gasteiger partial charge in [0, 0.05) is 26.1 Å². The predicted octanol–water partition coefficient (Wildman–Crippen LogP) is 2.06. The molecule has 1 aliphatic heterocycles. The average Bonchev–Trinajstić information content (AvgIpc) is 2.69. The second-order valence-electron chi connectivity index (χ2n) is 5.34. The molecule has 3 heteroatoms. The van der Waals surface area contributed by atoms with E-state index >= 15 is 0 Å². The first kappa shape index (κ1) is 14.1. The van der Waals surface area contributed by atoms with Gasteiger partial charge in [-0.25, -0.2) is 0 Å². The molecule has 0 radical (unpaired) electrons. The molecule has 1 fully saturated rings. The van der Waals surface area contributed by atoms with Crippen molar-refractivity contribution in [2.75, 3.05) is 26.2 Å². The molecule has 1 aromatic rings. The van der Waals surface area contributed by atoms with Gasteiger partial charge in [0.05, 0.1) is 0 Å². The first-order valence-electron chi connectivity index (χ1n) is 7.22. The quantitative estimate of drug-likeness (QED) is 0.902. The Morgan fingerprint density at radius 1 is 1.26 bits per heavy atom. The number of hydrogen-bond donors (Lipinski definition) is 1. The fourth-order valence-electron chi connectivity index (χ4n) is 2.58. The Labute approximate surface area is 116 Å². The molecule has 104 valence electrons. The summed E-state index contributed by atoms with van der Waals surface area (Å²) in [6.45, 7) is 7.98. The standard InChI is InChI=1S/C16H24N2O/c1-13-5-3-6-15(14(13)2)7-8-16(19)18-11-4-9-17-10-12-18/h3,5-6,17H,4,7-12H2,1-2H3. The van der Waals surface area contributed by atoms with E-state index in [-0.39, 0.29) is 0 Å². The van der Waals surface area contributed by atoms with Crippen molar-refractivity contribution in [3.63, 3.8) is 0 Å². The zero-order valence-electron chi connectivity index (χ0n) is 12.0. The summed E-state index contributed by atoms with van der Waals surface area (Å²) in [7, 11) is 0. The molecule has 19 heavy (non-hydrogen) atoms. The van der Waals surface area contributed by atoms with Crippen molar-refractivity contribution in [3.05, 3.63) is 34.9 Å². The van der Waals surface area contributed by atoms with Crippen LogP contribution in [-0.2, 0) is 11.2 Å². The lowest BCUT2D eigenvalue weighted by molar-refractivity contribution is -0.130. The van der Waals surface area contributed by atoms with Gasteiger partial charge in [0.2, 0.25) is 5.91 Å². The van der Waals surface area contributed by atoms with Gasteiger partial charge >= 0.3 is 0 Å². The van der Waals surface area contributed by atoms with Crippen molar-refractivity contribution < 1.29 is 4.79 Å². The highest BCUT2D eigenvalue weighted by molar-refractivity contribution is 5.76. The summed E-state index contributed by atoms with van der Waals surface area (Å²) in [6.07, 6.45) is 2.55. The number of carbonyl (C=O) groups is 1. The van der Waals surface area contributed by atoms with Crippen LogP contribution in [0.1, 0.15) is 29.5 Å². The maximum atomic E-state index is 12.2. The minimum Gasteiger partial charge on any atom is -0.341 e. The van der Waals surface area contributed by atoms with E-state index in [1.807, 2.05) is 4.90 Å².